The Kier molecular flexibility index (Phi) is 5.86. The fourth-order valence-corrected chi connectivity index (χ4v) is 1.74. The molecule has 19 heavy (non-hydrogen) atoms. The first-order chi connectivity index (χ1) is 8.93. The molecule has 1 aromatic carbocycles. The third-order valence-electron chi connectivity index (χ3n) is 2.17. The van der Waals surface area contributed by atoms with Gasteiger partial charge in [-0.1, -0.05) is 29.3 Å². The lowest BCUT2D eigenvalue weighted by molar-refractivity contribution is -0.141. The maximum atomic E-state index is 11.6. The highest BCUT2D eigenvalue weighted by Crippen LogP contribution is 2.23. The lowest BCUT2D eigenvalue weighted by Crippen LogP contribution is -2.12. The molecule has 0 aliphatic carbocycles. The monoisotopic (exact) mass is 302 g/mol. The van der Waals surface area contributed by atoms with Crippen molar-refractivity contribution in [1.29, 1.82) is 0 Å². The van der Waals surface area contributed by atoms with Gasteiger partial charge in [-0.15, -0.1) is 0 Å². The Morgan fingerprint density at radius 3 is 2.53 bits per heavy atom. The van der Waals surface area contributed by atoms with Crippen LogP contribution in [0, 0.1) is 0 Å². The number of rotatable bonds is 4. The van der Waals surface area contributed by atoms with Gasteiger partial charge in [0.2, 0.25) is 0 Å². The van der Waals surface area contributed by atoms with E-state index in [0.29, 0.717) is 15.6 Å². The Morgan fingerprint density at radius 1 is 1.32 bits per heavy atom. The summed E-state index contributed by atoms with van der Waals surface area (Å²) in [6.45, 7) is 1.07. The molecule has 0 saturated carbocycles. The fraction of sp³-hybridized carbons (Fsp3) is 0.231. The molecule has 0 heterocycles. The molecule has 0 aliphatic heterocycles. The number of methoxy groups -OCH3 is 1. The zero-order valence-electron chi connectivity index (χ0n) is 10.4. The van der Waals surface area contributed by atoms with Crippen LogP contribution in [0.25, 0.3) is 6.08 Å². The summed E-state index contributed by atoms with van der Waals surface area (Å²) >= 11 is 11.8. The lowest BCUT2D eigenvalue weighted by atomic mass is 10.1. The SMILES string of the molecule is COC(=O)/C(=C/c1ccc(Cl)cc1Cl)COC(C)=O. The second kappa shape index (κ2) is 7.16. The van der Waals surface area contributed by atoms with Gasteiger partial charge in [0.15, 0.2) is 0 Å². The highest BCUT2D eigenvalue weighted by molar-refractivity contribution is 6.35. The van der Waals surface area contributed by atoms with Crippen LogP contribution in [0.3, 0.4) is 0 Å². The second-order valence-electron chi connectivity index (χ2n) is 3.61. The number of carbonyl (C=O) groups is 2. The van der Waals surface area contributed by atoms with E-state index in [1.165, 1.54) is 20.1 Å². The Balaban J connectivity index is 3.04. The molecule has 0 unspecified atom stereocenters. The summed E-state index contributed by atoms with van der Waals surface area (Å²) in [5.74, 6) is -1.08. The van der Waals surface area contributed by atoms with Crippen molar-refractivity contribution >= 4 is 41.2 Å². The fourth-order valence-electron chi connectivity index (χ4n) is 1.28. The topological polar surface area (TPSA) is 52.6 Å². The quantitative estimate of drug-likeness (QED) is 0.633. The van der Waals surface area contributed by atoms with Crippen molar-refractivity contribution in [1.82, 2.24) is 0 Å². The lowest BCUT2D eigenvalue weighted by Gasteiger charge is -2.07. The molecule has 0 aromatic heterocycles. The molecule has 0 atom stereocenters. The molecule has 1 rings (SSSR count). The molecule has 0 radical (unpaired) electrons. The summed E-state index contributed by atoms with van der Waals surface area (Å²) in [5, 5.41) is 0.874. The van der Waals surface area contributed by atoms with Gasteiger partial charge in [0.25, 0.3) is 0 Å². The number of ether oxygens (including phenoxy) is 2. The summed E-state index contributed by atoms with van der Waals surface area (Å²) in [6.07, 6.45) is 1.49. The highest BCUT2D eigenvalue weighted by Gasteiger charge is 2.12. The van der Waals surface area contributed by atoms with Crippen LogP contribution < -0.4 is 0 Å². The highest BCUT2D eigenvalue weighted by atomic mass is 35.5. The average molecular weight is 303 g/mol. The van der Waals surface area contributed by atoms with Crippen LogP contribution in [0.4, 0.5) is 0 Å². The first-order valence-corrected chi connectivity index (χ1v) is 6.07. The Labute approximate surface area is 120 Å². The van der Waals surface area contributed by atoms with Crippen LogP contribution in [0.2, 0.25) is 10.0 Å². The third kappa shape index (κ3) is 4.93. The first kappa shape index (κ1) is 15.5. The van der Waals surface area contributed by atoms with E-state index in [1.807, 2.05) is 0 Å². The molecule has 0 bridgehead atoms. The predicted octanol–water partition coefficient (Wildman–Crippen LogP) is 3.11. The second-order valence-corrected chi connectivity index (χ2v) is 4.45. The molecule has 0 aliphatic rings. The zero-order valence-corrected chi connectivity index (χ0v) is 11.9. The van der Waals surface area contributed by atoms with E-state index >= 15 is 0 Å². The molecule has 0 N–H and O–H groups in total. The molecule has 0 saturated heterocycles. The van der Waals surface area contributed by atoms with Gasteiger partial charge in [-0.25, -0.2) is 4.79 Å². The van der Waals surface area contributed by atoms with Crippen molar-refractivity contribution in [3.63, 3.8) is 0 Å². The van der Waals surface area contributed by atoms with Crippen molar-refractivity contribution in [2.24, 2.45) is 0 Å². The van der Waals surface area contributed by atoms with Crippen molar-refractivity contribution < 1.29 is 19.1 Å². The number of carbonyl (C=O) groups excluding carboxylic acids is 2. The molecule has 102 valence electrons. The van der Waals surface area contributed by atoms with Gasteiger partial charge in [0, 0.05) is 17.0 Å². The number of halogens is 2. The number of hydrogen-bond acceptors (Lipinski definition) is 4. The number of benzene rings is 1. The van der Waals surface area contributed by atoms with Gasteiger partial charge in [0.05, 0.1) is 12.7 Å². The van der Waals surface area contributed by atoms with Gasteiger partial charge in [-0.2, -0.15) is 0 Å². The minimum absolute atomic E-state index is 0.180. The van der Waals surface area contributed by atoms with Crippen LogP contribution in [0.15, 0.2) is 23.8 Å². The van der Waals surface area contributed by atoms with E-state index in [-0.39, 0.29) is 12.2 Å². The molecule has 0 fully saturated rings. The number of esters is 2. The largest absolute Gasteiger partial charge is 0.466 e. The molecule has 6 heteroatoms. The van der Waals surface area contributed by atoms with Gasteiger partial charge >= 0.3 is 11.9 Å². The minimum Gasteiger partial charge on any atom is -0.466 e. The molecule has 0 spiro atoms. The van der Waals surface area contributed by atoms with E-state index in [2.05, 4.69) is 4.74 Å². The van der Waals surface area contributed by atoms with Gasteiger partial charge < -0.3 is 9.47 Å². The third-order valence-corrected chi connectivity index (χ3v) is 2.73. The Bertz CT molecular complexity index is 523. The van der Waals surface area contributed by atoms with Crippen LogP contribution in [0.1, 0.15) is 12.5 Å². The zero-order chi connectivity index (χ0) is 14.4. The standard InChI is InChI=1S/C13H12Cl2O4/c1-8(16)19-7-10(13(17)18-2)5-9-3-4-11(14)6-12(9)15/h3-6H,7H2,1-2H3/b10-5+. The smallest absolute Gasteiger partial charge is 0.337 e. The Morgan fingerprint density at radius 2 is 2.00 bits per heavy atom. The number of hydrogen-bond donors (Lipinski definition) is 0. The summed E-state index contributed by atoms with van der Waals surface area (Å²) in [4.78, 5) is 22.3. The molecule has 0 amide bonds. The predicted molar refractivity (Wildman–Crippen MR) is 73.1 cm³/mol. The normalized spacial score (nSPS) is 11.1. The molecular weight excluding hydrogens is 291 g/mol. The molecular formula is C13H12Cl2O4. The van der Waals surface area contributed by atoms with Crippen LogP contribution in [-0.2, 0) is 19.1 Å². The minimum atomic E-state index is -0.590. The van der Waals surface area contributed by atoms with E-state index in [4.69, 9.17) is 27.9 Å². The molecule has 4 nitrogen and oxygen atoms in total. The average Bonchev–Trinajstić information content (AvgIpc) is 2.35. The van der Waals surface area contributed by atoms with Crippen molar-refractivity contribution in [3.05, 3.63) is 39.4 Å². The molecule has 1 aromatic rings. The maximum absolute atomic E-state index is 11.6. The van der Waals surface area contributed by atoms with Gasteiger partial charge in [-0.3, -0.25) is 4.79 Å². The van der Waals surface area contributed by atoms with Crippen molar-refractivity contribution in [2.75, 3.05) is 13.7 Å². The van der Waals surface area contributed by atoms with Gasteiger partial charge in [-0.05, 0) is 23.8 Å². The summed E-state index contributed by atoms with van der Waals surface area (Å²) < 4.78 is 9.40. The van der Waals surface area contributed by atoms with E-state index in [9.17, 15) is 9.59 Å². The first-order valence-electron chi connectivity index (χ1n) is 5.31. The van der Waals surface area contributed by atoms with Crippen LogP contribution in [-0.4, -0.2) is 25.7 Å². The maximum Gasteiger partial charge on any atom is 0.337 e. The van der Waals surface area contributed by atoms with Crippen molar-refractivity contribution in [2.45, 2.75) is 6.92 Å². The van der Waals surface area contributed by atoms with Crippen LogP contribution in [0.5, 0.6) is 0 Å². The summed E-state index contributed by atoms with van der Waals surface area (Å²) in [6, 6.07) is 4.84. The van der Waals surface area contributed by atoms with E-state index in [0.717, 1.165) is 0 Å². The van der Waals surface area contributed by atoms with Crippen LogP contribution >= 0.6 is 23.2 Å². The summed E-state index contributed by atoms with van der Waals surface area (Å²) in [5.41, 5.74) is 0.764. The Hall–Kier alpha value is -1.52. The van der Waals surface area contributed by atoms with Gasteiger partial charge in [0.1, 0.15) is 6.61 Å². The van der Waals surface area contributed by atoms with Crippen molar-refractivity contribution in [3.8, 4) is 0 Å². The van der Waals surface area contributed by atoms with E-state index in [1.54, 1.807) is 18.2 Å². The summed E-state index contributed by atoms with van der Waals surface area (Å²) in [7, 11) is 1.24. The van der Waals surface area contributed by atoms with E-state index < -0.39 is 11.9 Å².